The van der Waals surface area contributed by atoms with Gasteiger partial charge in [-0.15, -0.1) is 0 Å². The number of rotatable bonds is 4. The normalized spacial score (nSPS) is 12.6. The Labute approximate surface area is 142 Å². The van der Waals surface area contributed by atoms with Crippen molar-refractivity contribution in [3.63, 3.8) is 0 Å². The molecule has 1 heterocycles. The number of aromatic nitrogens is 1. The summed E-state index contributed by atoms with van der Waals surface area (Å²) in [5.41, 5.74) is 0.519. The highest BCUT2D eigenvalue weighted by atomic mass is 19.4. The van der Waals surface area contributed by atoms with E-state index in [1.807, 2.05) is 5.32 Å². The van der Waals surface area contributed by atoms with E-state index >= 15 is 0 Å². The van der Waals surface area contributed by atoms with E-state index in [1.54, 1.807) is 6.07 Å². The minimum absolute atomic E-state index is 0.0857. The molecule has 0 bridgehead atoms. The van der Waals surface area contributed by atoms with Crippen molar-refractivity contribution in [1.29, 1.82) is 0 Å². The van der Waals surface area contributed by atoms with Crippen LogP contribution in [-0.2, 0) is 4.74 Å². The van der Waals surface area contributed by atoms with Gasteiger partial charge >= 0.3 is 12.1 Å². The lowest BCUT2D eigenvalue weighted by atomic mass is 10.1. The summed E-state index contributed by atoms with van der Waals surface area (Å²) in [7, 11) is 1.18. The molecule has 0 spiro atoms. The number of halogens is 3. The van der Waals surface area contributed by atoms with Gasteiger partial charge in [0.1, 0.15) is 5.69 Å². The standard InChI is InChI=1S/C17H17F3N2O3/c1-9-12(16(24)25-3)10(2)21-13(9)15(23)22-14(17(18,19)20)11-7-5-4-6-8-11/h4-8,14,21H,1-3H3,(H,22,23). The monoisotopic (exact) mass is 354 g/mol. The Morgan fingerprint density at radius 2 is 1.76 bits per heavy atom. The zero-order valence-corrected chi connectivity index (χ0v) is 13.8. The Kier molecular flexibility index (Phi) is 5.20. The Morgan fingerprint density at radius 1 is 1.16 bits per heavy atom. The largest absolute Gasteiger partial charge is 0.465 e. The van der Waals surface area contributed by atoms with Gasteiger partial charge in [0.15, 0.2) is 6.04 Å². The fourth-order valence-electron chi connectivity index (χ4n) is 2.59. The maximum atomic E-state index is 13.4. The van der Waals surface area contributed by atoms with Gasteiger partial charge in [-0.3, -0.25) is 4.79 Å². The molecule has 134 valence electrons. The number of methoxy groups -OCH3 is 1. The first-order chi connectivity index (χ1) is 11.7. The predicted octanol–water partition coefficient (Wildman–Crippen LogP) is 3.45. The molecular formula is C17H17F3N2O3. The molecular weight excluding hydrogens is 337 g/mol. The highest BCUT2D eigenvalue weighted by Gasteiger charge is 2.42. The number of H-pyrrole nitrogens is 1. The molecule has 25 heavy (non-hydrogen) atoms. The molecule has 1 amide bonds. The molecule has 5 nitrogen and oxygen atoms in total. The van der Waals surface area contributed by atoms with E-state index in [1.165, 1.54) is 45.2 Å². The van der Waals surface area contributed by atoms with Crippen molar-refractivity contribution in [2.45, 2.75) is 26.1 Å². The Balaban J connectivity index is 2.36. The second kappa shape index (κ2) is 7.00. The molecule has 1 aromatic carbocycles. The quantitative estimate of drug-likeness (QED) is 0.826. The van der Waals surface area contributed by atoms with E-state index in [0.29, 0.717) is 5.69 Å². The van der Waals surface area contributed by atoms with Crippen molar-refractivity contribution in [1.82, 2.24) is 10.3 Å². The molecule has 2 rings (SSSR count). The summed E-state index contributed by atoms with van der Waals surface area (Å²) >= 11 is 0. The SMILES string of the molecule is COC(=O)c1c(C)[nH]c(C(=O)NC(c2ccccc2)C(F)(F)F)c1C. The van der Waals surface area contributed by atoms with Gasteiger partial charge in [0, 0.05) is 5.69 Å². The number of amides is 1. The number of nitrogens with one attached hydrogen (secondary N) is 2. The Bertz CT molecular complexity index is 782. The molecule has 0 radical (unpaired) electrons. The van der Waals surface area contributed by atoms with Gasteiger partial charge in [-0.2, -0.15) is 13.2 Å². The van der Waals surface area contributed by atoms with E-state index in [4.69, 9.17) is 0 Å². The first-order valence-electron chi connectivity index (χ1n) is 7.36. The van der Waals surface area contributed by atoms with Gasteiger partial charge in [-0.1, -0.05) is 30.3 Å². The molecule has 2 aromatic rings. The third-order valence-corrected chi connectivity index (χ3v) is 3.79. The van der Waals surface area contributed by atoms with Crippen LogP contribution >= 0.6 is 0 Å². The van der Waals surface area contributed by atoms with E-state index < -0.39 is 24.1 Å². The number of carbonyl (C=O) groups excluding carboxylic acids is 2. The van der Waals surface area contributed by atoms with Crippen molar-refractivity contribution in [3.8, 4) is 0 Å². The molecule has 2 N–H and O–H groups in total. The fraction of sp³-hybridized carbons (Fsp3) is 0.294. The number of esters is 1. The molecule has 0 saturated carbocycles. The summed E-state index contributed by atoms with van der Waals surface area (Å²) in [5.74, 6) is -1.62. The Hall–Kier alpha value is -2.77. The third kappa shape index (κ3) is 3.84. The average Bonchev–Trinajstić information content (AvgIpc) is 2.86. The van der Waals surface area contributed by atoms with E-state index in [2.05, 4.69) is 9.72 Å². The number of ether oxygens (including phenoxy) is 1. The summed E-state index contributed by atoms with van der Waals surface area (Å²) in [4.78, 5) is 26.8. The first kappa shape index (κ1) is 18.6. The highest BCUT2D eigenvalue weighted by Crippen LogP contribution is 2.33. The molecule has 1 unspecified atom stereocenters. The van der Waals surface area contributed by atoms with Crippen molar-refractivity contribution in [3.05, 3.63) is 58.4 Å². The van der Waals surface area contributed by atoms with Gasteiger partial charge in [-0.05, 0) is 25.0 Å². The minimum Gasteiger partial charge on any atom is -0.465 e. The van der Waals surface area contributed by atoms with Crippen LogP contribution in [0, 0.1) is 13.8 Å². The number of aromatic amines is 1. The van der Waals surface area contributed by atoms with Crippen molar-refractivity contribution < 1.29 is 27.5 Å². The van der Waals surface area contributed by atoms with Gasteiger partial charge < -0.3 is 15.0 Å². The lowest BCUT2D eigenvalue weighted by molar-refractivity contribution is -0.155. The average molecular weight is 354 g/mol. The summed E-state index contributed by atoms with van der Waals surface area (Å²) < 4.78 is 44.7. The van der Waals surface area contributed by atoms with Crippen LogP contribution in [-0.4, -0.2) is 30.1 Å². The number of aryl methyl sites for hydroxylation is 1. The van der Waals surface area contributed by atoms with Crippen LogP contribution in [0.25, 0.3) is 0 Å². The molecule has 0 aliphatic carbocycles. The van der Waals surface area contributed by atoms with Gasteiger partial charge in [0.2, 0.25) is 0 Å². The van der Waals surface area contributed by atoms with Gasteiger partial charge in [0.05, 0.1) is 12.7 Å². The maximum absolute atomic E-state index is 13.4. The van der Waals surface area contributed by atoms with Gasteiger partial charge in [0.25, 0.3) is 5.91 Å². The molecule has 0 saturated heterocycles. The van der Waals surface area contributed by atoms with Crippen LogP contribution in [0.4, 0.5) is 13.2 Å². The molecule has 8 heteroatoms. The topological polar surface area (TPSA) is 71.2 Å². The molecule has 1 atom stereocenters. The van der Waals surface area contributed by atoms with Crippen molar-refractivity contribution in [2.24, 2.45) is 0 Å². The molecule has 1 aromatic heterocycles. The van der Waals surface area contributed by atoms with Crippen LogP contribution in [0.2, 0.25) is 0 Å². The van der Waals surface area contributed by atoms with Crippen molar-refractivity contribution in [2.75, 3.05) is 7.11 Å². The highest BCUT2D eigenvalue weighted by molar-refractivity contribution is 6.00. The van der Waals surface area contributed by atoms with Crippen molar-refractivity contribution >= 4 is 11.9 Å². The number of alkyl halides is 3. The molecule has 0 fully saturated rings. The lowest BCUT2D eigenvalue weighted by Gasteiger charge is -2.22. The van der Waals surface area contributed by atoms with Crippen LogP contribution in [0.1, 0.15) is 43.7 Å². The summed E-state index contributed by atoms with van der Waals surface area (Å²) in [6, 6.07) is 4.90. The lowest BCUT2D eigenvalue weighted by Crippen LogP contribution is -2.38. The predicted molar refractivity (Wildman–Crippen MR) is 84.3 cm³/mol. The van der Waals surface area contributed by atoms with Gasteiger partial charge in [-0.25, -0.2) is 4.79 Å². The Morgan fingerprint density at radius 3 is 2.28 bits per heavy atom. The van der Waals surface area contributed by atoms with E-state index in [9.17, 15) is 22.8 Å². The summed E-state index contributed by atoms with van der Waals surface area (Å²) in [6.45, 7) is 3.00. The summed E-state index contributed by atoms with van der Waals surface area (Å²) in [6.07, 6.45) is -4.67. The van der Waals surface area contributed by atoms with E-state index in [-0.39, 0.29) is 22.4 Å². The zero-order valence-electron chi connectivity index (χ0n) is 13.8. The van der Waals surface area contributed by atoms with Crippen LogP contribution in [0.15, 0.2) is 30.3 Å². The number of carbonyl (C=O) groups is 2. The summed E-state index contributed by atoms with van der Waals surface area (Å²) in [5, 5.41) is 1.98. The van der Waals surface area contributed by atoms with E-state index in [0.717, 1.165) is 0 Å². The molecule has 0 aliphatic rings. The van der Waals surface area contributed by atoms with Crippen LogP contribution in [0.3, 0.4) is 0 Å². The smallest absolute Gasteiger partial charge is 0.412 e. The second-order valence-electron chi connectivity index (χ2n) is 5.48. The van der Waals surface area contributed by atoms with Crippen LogP contribution in [0.5, 0.6) is 0 Å². The second-order valence-corrected chi connectivity index (χ2v) is 5.48. The minimum atomic E-state index is -4.67. The molecule has 0 aliphatic heterocycles. The number of hydrogen-bond donors (Lipinski definition) is 2. The van der Waals surface area contributed by atoms with Crippen LogP contribution < -0.4 is 5.32 Å². The fourth-order valence-corrected chi connectivity index (χ4v) is 2.59. The zero-order chi connectivity index (χ0) is 18.8. The third-order valence-electron chi connectivity index (χ3n) is 3.79. The number of benzene rings is 1. The first-order valence-corrected chi connectivity index (χ1v) is 7.36. The maximum Gasteiger partial charge on any atom is 0.412 e. The number of hydrogen-bond acceptors (Lipinski definition) is 3.